The van der Waals surface area contributed by atoms with Crippen molar-refractivity contribution < 1.29 is 4.79 Å². The Hall–Kier alpha value is -2.09. The minimum atomic E-state index is -0.0630. The number of amides is 1. The smallest absolute Gasteiger partial charge is 0.255 e. The first-order valence-electron chi connectivity index (χ1n) is 6.16. The number of aryl methyl sites for hydroxylation is 2. The highest BCUT2D eigenvalue weighted by Gasteiger charge is 2.07. The van der Waals surface area contributed by atoms with Gasteiger partial charge < -0.3 is 5.32 Å². The Balaban J connectivity index is 2.17. The summed E-state index contributed by atoms with van der Waals surface area (Å²) in [7, 11) is 0. The molecule has 2 heteroatoms. The fourth-order valence-electron chi connectivity index (χ4n) is 1.96. The Morgan fingerprint density at radius 3 is 2.44 bits per heavy atom. The first-order chi connectivity index (χ1) is 8.70. The van der Waals surface area contributed by atoms with E-state index in [4.69, 9.17) is 0 Å². The maximum Gasteiger partial charge on any atom is 0.255 e. The Morgan fingerprint density at radius 1 is 1.11 bits per heavy atom. The molecule has 0 radical (unpaired) electrons. The van der Waals surface area contributed by atoms with Gasteiger partial charge in [-0.05, 0) is 48.7 Å². The van der Waals surface area contributed by atoms with Gasteiger partial charge in [0.2, 0.25) is 0 Å². The summed E-state index contributed by atoms with van der Waals surface area (Å²) >= 11 is 0. The molecular formula is C16H17NO. The molecule has 0 saturated heterocycles. The molecule has 2 nitrogen and oxygen atoms in total. The standard InChI is InChI=1S/C16H17NO/c1-3-13-9-10-14(11-12(13)2)16(18)17-15-7-5-4-6-8-15/h4-11H,3H2,1-2H3,(H,17,18). The van der Waals surface area contributed by atoms with Crippen LogP contribution in [0.4, 0.5) is 5.69 Å². The number of nitrogens with one attached hydrogen (secondary N) is 1. The van der Waals surface area contributed by atoms with Crippen LogP contribution < -0.4 is 5.32 Å². The van der Waals surface area contributed by atoms with E-state index in [1.165, 1.54) is 11.1 Å². The largest absolute Gasteiger partial charge is 0.322 e. The van der Waals surface area contributed by atoms with Crippen molar-refractivity contribution in [3.05, 3.63) is 65.2 Å². The van der Waals surface area contributed by atoms with Gasteiger partial charge in [0.25, 0.3) is 5.91 Å². The second-order valence-electron chi connectivity index (χ2n) is 4.31. The molecule has 0 saturated carbocycles. The van der Waals surface area contributed by atoms with E-state index in [1.807, 2.05) is 55.5 Å². The monoisotopic (exact) mass is 239 g/mol. The Labute approximate surface area is 108 Å². The fraction of sp³-hybridized carbons (Fsp3) is 0.188. The van der Waals surface area contributed by atoms with Crippen molar-refractivity contribution in [2.45, 2.75) is 20.3 Å². The number of carbonyl (C=O) groups is 1. The third-order valence-electron chi connectivity index (χ3n) is 3.02. The van der Waals surface area contributed by atoms with E-state index < -0.39 is 0 Å². The molecule has 2 rings (SSSR count). The summed E-state index contributed by atoms with van der Waals surface area (Å²) in [5.41, 5.74) is 3.97. The topological polar surface area (TPSA) is 29.1 Å². The van der Waals surface area contributed by atoms with E-state index in [2.05, 4.69) is 12.2 Å². The number of hydrogen-bond donors (Lipinski definition) is 1. The summed E-state index contributed by atoms with van der Waals surface area (Å²) < 4.78 is 0. The molecule has 0 atom stereocenters. The Kier molecular flexibility index (Phi) is 3.78. The van der Waals surface area contributed by atoms with Gasteiger partial charge in [0, 0.05) is 11.3 Å². The van der Waals surface area contributed by atoms with Crippen molar-refractivity contribution in [2.24, 2.45) is 0 Å². The molecule has 1 N–H and O–H groups in total. The summed E-state index contributed by atoms with van der Waals surface area (Å²) in [5.74, 6) is -0.0630. The Bertz CT molecular complexity index is 546. The van der Waals surface area contributed by atoms with Crippen molar-refractivity contribution in [2.75, 3.05) is 5.32 Å². The number of anilines is 1. The number of hydrogen-bond acceptors (Lipinski definition) is 1. The van der Waals surface area contributed by atoms with Crippen LogP contribution in [0.3, 0.4) is 0 Å². The van der Waals surface area contributed by atoms with E-state index in [0.29, 0.717) is 5.56 Å². The molecule has 0 bridgehead atoms. The molecule has 0 heterocycles. The maximum absolute atomic E-state index is 12.1. The zero-order valence-corrected chi connectivity index (χ0v) is 10.7. The number of carbonyl (C=O) groups excluding carboxylic acids is 1. The molecule has 0 aliphatic carbocycles. The average Bonchev–Trinajstić information content (AvgIpc) is 2.39. The predicted octanol–water partition coefficient (Wildman–Crippen LogP) is 3.81. The van der Waals surface area contributed by atoms with E-state index in [0.717, 1.165) is 12.1 Å². The van der Waals surface area contributed by atoms with Gasteiger partial charge in [-0.25, -0.2) is 0 Å². The normalized spacial score (nSPS) is 10.1. The van der Waals surface area contributed by atoms with Crippen molar-refractivity contribution in [3.8, 4) is 0 Å². The zero-order chi connectivity index (χ0) is 13.0. The van der Waals surface area contributed by atoms with Crippen molar-refractivity contribution in [3.63, 3.8) is 0 Å². The van der Waals surface area contributed by atoms with Crippen molar-refractivity contribution in [1.29, 1.82) is 0 Å². The van der Waals surface area contributed by atoms with Gasteiger partial charge in [-0.15, -0.1) is 0 Å². The number of para-hydroxylation sites is 1. The lowest BCUT2D eigenvalue weighted by molar-refractivity contribution is 0.102. The van der Waals surface area contributed by atoms with Gasteiger partial charge in [-0.2, -0.15) is 0 Å². The molecule has 2 aromatic carbocycles. The molecule has 0 aliphatic rings. The molecule has 1 amide bonds. The number of benzene rings is 2. The molecular weight excluding hydrogens is 222 g/mol. The third kappa shape index (κ3) is 2.77. The first-order valence-corrected chi connectivity index (χ1v) is 6.16. The van der Waals surface area contributed by atoms with Gasteiger partial charge in [-0.1, -0.05) is 31.2 Å². The molecule has 0 unspecified atom stereocenters. The molecule has 0 spiro atoms. The highest BCUT2D eigenvalue weighted by molar-refractivity contribution is 6.04. The van der Waals surface area contributed by atoms with Crippen LogP contribution in [-0.4, -0.2) is 5.91 Å². The van der Waals surface area contributed by atoms with Crippen LogP contribution in [0.5, 0.6) is 0 Å². The van der Waals surface area contributed by atoms with E-state index in [-0.39, 0.29) is 5.91 Å². The summed E-state index contributed by atoms with van der Waals surface area (Å²) in [5, 5.41) is 2.88. The minimum Gasteiger partial charge on any atom is -0.322 e. The van der Waals surface area contributed by atoms with Gasteiger partial charge in [0.1, 0.15) is 0 Å². The predicted molar refractivity (Wildman–Crippen MR) is 75.0 cm³/mol. The van der Waals surface area contributed by atoms with Crippen LogP contribution in [0.15, 0.2) is 48.5 Å². The van der Waals surface area contributed by atoms with E-state index in [9.17, 15) is 4.79 Å². The highest BCUT2D eigenvalue weighted by Crippen LogP contribution is 2.14. The van der Waals surface area contributed by atoms with Crippen LogP contribution in [0, 0.1) is 6.92 Å². The van der Waals surface area contributed by atoms with Gasteiger partial charge in [0.15, 0.2) is 0 Å². The second kappa shape index (κ2) is 5.50. The van der Waals surface area contributed by atoms with Crippen LogP contribution in [0.25, 0.3) is 0 Å². The summed E-state index contributed by atoms with van der Waals surface area (Å²) in [6, 6.07) is 15.3. The van der Waals surface area contributed by atoms with Crippen LogP contribution in [0.2, 0.25) is 0 Å². The minimum absolute atomic E-state index is 0.0630. The first kappa shape index (κ1) is 12.4. The van der Waals surface area contributed by atoms with Crippen molar-refractivity contribution in [1.82, 2.24) is 0 Å². The quantitative estimate of drug-likeness (QED) is 0.867. The van der Waals surface area contributed by atoms with Crippen LogP contribution >= 0.6 is 0 Å². The summed E-state index contributed by atoms with van der Waals surface area (Å²) in [6.45, 7) is 4.16. The highest BCUT2D eigenvalue weighted by atomic mass is 16.1. The van der Waals surface area contributed by atoms with Gasteiger partial charge in [-0.3, -0.25) is 4.79 Å². The zero-order valence-electron chi connectivity index (χ0n) is 10.7. The lowest BCUT2D eigenvalue weighted by Gasteiger charge is -2.08. The average molecular weight is 239 g/mol. The molecule has 2 aromatic rings. The Morgan fingerprint density at radius 2 is 1.83 bits per heavy atom. The lowest BCUT2D eigenvalue weighted by Crippen LogP contribution is -2.12. The van der Waals surface area contributed by atoms with Crippen molar-refractivity contribution >= 4 is 11.6 Å². The van der Waals surface area contributed by atoms with Gasteiger partial charge in [0.05, 0.1) is 0 Å². The van der Waals surface area contributed by atoms with E-state index in [1.54, 1.807) is 0 Å². The summed E-state index contributed by atoms with van der Waals surface area (Å²) in [6.07, 6.45) is 0.992. The van der Waals surface area contributed by atoms with Crippen LogP contribution in [-0.2, 0) is 6.42 Å². The van der Waals surface area contributed by atoms with E-state index >= 15 is 0 Å². The summed E-state index contributed by atoms with van der Waals surface area (Å²) in [4.78, 5) is 12.1. The molecule has 92 valence electrons. The van der Waals surface area contributed by atoms with Gasteiger partial charge >= 0.3 is 0 Å². The lowest BCUT2D eigenvalue weighted by atomic mass is 10.0. The maximum atomic E-state index is 12.1. The second-order valence-corrected chi connectivity index (χ2v) is 4.31. The van der Waals surface area contributed by atoms with Crippen LogP contribution in [0.1, 0.15) is 28.4 Å². The molecule has 18 heavy (non-hydrogen) atoms. The third-order valence-corrected chi connectivity index (χ3v) is 3.02. The fourth-order valence-corrected chi connectivity index (χ4v) is 1.96. The SMILES string of the molecule is CCc1ccc(C(=O)Nc2ccccc2)cc1C. The molecule has 0 aliphatic heterocycles. The molecule has 0 aromatic heterocycles. The number of rotatable bonds is 3. The molecule has 0 fully saturated rings.